The van der Waals surface area contributed by atoms with Crippen molar-refractivity contribution < 1.29 is 76.0 Å². The van der Waals surface area contributed by atoms with Crippen molar-refractivity contribution in [2.24, 2.45) is 4.30 Å². The van der Waals surface area contributed by atoms with E-state index in [9.17, 15) is 19.2 Å². The fourth-order valence-corrected chi connectivity index (χ4v) is 24.5. The SMILES string of the molecule is C.CC(C)(C)OC(=O)OC(=O)OC(C)(C)C.CN(CC1OCCc2c1sc(Br)c2Cl)C(=O)OC(C)(C)C.CN(CC1OCCc2cc(Br)sc21)C(=O)OC(C)(C)C.CNCC1OCCc2c(Cl)csc21.CNCC1OCCc2c(Cl)csc21.CNCC1OCCc2c1sc(Br)c2Cl.CNCC1OCCc2cc(Br)sc21.CNCC1OCCc2ccsc21.Cl.Cl.[B]=NS. The van der Waals surface area contributed by atoms with Crippen LogP contribution in [0.25, 0.3) is 0 Å². The monoisotopic (exact) mass is 2290 g/mol. The molecule has 24 nitrogen and oxygen atoms in total. The van der Waals surface area contributed by atoms with Crippen molar-refractivity contribution in [3.8, 4) is 0 Å². The van der Waals surface area contributed by atoms with Gasteiger partial charge in [0.1, 0.15) is 65.1 Å². The number of carbonyl (C=O) groups excluding carboxylic acids is 4. The summed E-state index contributed by atoms with van der Waals surface area (Å²) in [4.78, 5) is 58.1. The predicted molar refractivity (Wildman–Crippen MR) is 547 cm³/mol. The topological polar surface area (TPSA) is 258 Å². The average Bonchev–Trinajstić information content (AvgIpc) is 1.65. The van der Waals surface area contributed by atoms with E-state index in [2.05, 4.69) is 143 Å². The van der Waals surface area contributed by atoms with Crippen LogP contribution >= 0.6 is 227 Å². The third-order valence-corrected chi connectivity index (χ3v) is 31.3. The second-order valence-electron chi connectivity index (χ2n) is 32.5. The van der Waals surface area contributed by atoms with E-state index in [1.54, 1.807) is 133 Å². The van der Waals surface area contributed by atoms with Crippen LogP contribution in [0.1, 0.15) is 206 Å². The van der Waals surface area contributed by atoms with Crippen molar-refractivity contribution in [3.63, 3.8) is 0 Å². The summed E-state index contributed by atoms with van der Waals surface area (Å²) >= 11 is 53.7. The Balaban J connectivity index is 0.000000374. The number of amides is 2. The van der Waals surface area contributed by atoms with E-state index in [0.29, 0.717) is 32.4 Å². The zero-order valence-electron chi connectivity index (χ0n) is 74.5. The first-order valence-electron chi connectivity index (χ1n) is 40.2. The summed E-state index contributed by atoms with van der Waals surface area (Å²) in [5.41, 5.74) is 6.84. The summed E-state index contributed by atoms with van der Waals surface area (Å²) in [6, 6.07) is 6.57. The Labute approximate surface area is 851 Å². The fourth-order valence-electron chi connectivity index (χ4n) is 12.8. The standard InChI is InChI=1S/C14H19BrClNO3S.C14H20BrNO3S.C10H18O5.C9H11BrClNOS.C9H12BrNOS.2C9H12ClNOS.C9H13NOS.CH4.BHNS.2ClH/c1-14(2,3)20-13(18)17(4)7-9-11-8(5-6-19-9)10(16)12(15)21-11;1-14(2,3)19-13(17)16(4)8-10-12-9(5-6-18-10)7-11(15)20-12;1-9(2,3)14-7(11)13-8(12)15-10(4,5)6;1-12-4-6-8-5(2-3-13-6)7(11)9(10)14-8;1-11-5-7-9-6(2-3-12-7)4-8(10)13-9;2*1-11-4-8-9-6(2-3-12-8)7(10)5-13-9;1-10-6-8-9-7(2-4-11-8)3-5-12-9;;1-2-3;;/h9H,5-7H2,1-4H3;7,10H,5-6,8H2,1-4H3;1-6H3;6,12H,2-4H2,1H3;4,7,11H,2-3,5H2,1H3;2*5,8,11H,2-4H2,1H3;3,5,8,10H,2,4,6H2,1H3;1H4;3H;2*1H. The molecule has 0 aromatic carbocycles. The molecular formula is C84H124BBr4Cl6N8O16S8. The first-order chi connectivity index (χ1) is 58.5. The Morgan fingerprint density at radius 2 is 0.724 bits per heavy atom. The number of thiophene rings is 7. The van der Waals surface area contributed by atoms with Gasteiger partial charge < -0.3 is 93.2 Å². The zero-order valence-corrected chi connectivity index (χ0v) is 92.1. The number of thiol groups is 1. The van der Waals surface area contributed by atoms with Gasteiger partial charge in [0.05, 0.1) is 94.6 Å². The van der Waals surface area contributed by atoms with Crippen LogP contribution in [0.5, 0.6) is 0 Å². The number of hydrogen-bond acceptors (Lipinski definition) is 30. The minimum atomic E-state index is -1.06. The van der Waals surface area contributed by atoms with Gasteiger partial charge in [-0.05, 0) is 290 Å². The number of likely N-dealkylation sites (N-methyl/N-ethyl adjacent to an activating group) is 7. The van der Waals surface area contributed by atoms with Crippen molar-refractivity contribution in [2.45, 2.75) is 201 Å². The van der Waals surface area contributed by atoms with Crippen LogP contribution in [0.2, 0.25) is 20.1 Å². The summed E-state index contributed by atoms with van der Waals surface area (Å²) in [5.74, 6) is 0. The van der Waals surface area contributed by atoms with Crippen LogP contribution in [0.3, 0.4) is 0 Å². The van der Waals surface area contributed by atoms with E-state index in [1.165, 1.54) is 66.4 Å². The molecule has 14 heterocycles. The average molecular weight is 2300 g/mol. The summed E-state index contributed by atoms with van der Waals surface area (Å²) in [6.07, 6.45) is 4.83. The maximum absolute atomic E-state index is 12.0. The van der Waals surface area contributed by atoms with E-state index in [0.717, 1.165) is 153 Å². The second kappa shape index (κ2) is 59.0. The Hall–Kier alpha value is -1.43. The number of nitrogens with zero attached hydrogens (tertiary/aromatic N) is 3. The number of rotatable bonds is 14. The summed E-state index contributed by atoms with van der Waals surface area (Å²) < 4.78 is 71.4. The van der Waals surface area contributed by atoms with Gasteiger partial charge in [0.2, 0.25) is 0 Å². The number of hydrogen-bond donors (Lipinski definition) is 6. The number of carbonyl (C=O) groups is 4. The Morgan fingerprint density at radius 3 is 1.07 bits per heavy atom. The summed E-state index contributed by atoms with van der Waals surface area (Å²) in [5, 5.41) is 25.3. The van der Waals surface area contributed by atoms with Crippen molar-refractivity contribution >= 4 is 259 Å². The van der Waals surface area contributed by atoms with E-state index >= 15 is 0 Å². The number of halogens is 10. The van der Waals surface area contributed by atoms with E-state index in [4.69, 9.17) is 98.5 Å². The molecular weight excluding hydrogens is 2180 g/mol. The molecule has 7 aliphatic heterocycles. The van der Waals surface area contributed by atoms with Gasteiger partial charge in [0.25, 0.3) is 0 Å². The van der Waals surface area contributed by atoms with Gasteiger partial charge in [0, 0.05) is 91.7 Å². The summed E-state index contributed by atoms with van der Waals surface area (Å²) in [7, 11) is 17.5. The van der Waals surface area contributed by atoms with Gasteiger partial charge in [-0.3, -0.25) is 0 Å². The third kappa shape index (κ3) is 40.3. The van der Waals surface area contributed by atoms with Crippen LogP contribution in [0.15, 0.2) is 53.8 Å². The second-order valence-corrected chi connectivity index (χ2v) is 46.8. The molecule has 5 N–H and O–H groups in total. The number of nitrogens with one attached hydrogen (secondary N) is 5. The molecule has 127 heavy (non-hydrogen) atoms. The zero-order chi connectivity index (χ0) is 92.0. The Kier molecular flexibility index (Phi) is 55.6. The molecule has 7 aliphatic rings. The molecule has 0 saturated carbocycles. The van der Waals surface area contributed by atoms with Gasteiger partial charge in [-0.15, -0.1) is 104 Å². The van der Waals surface area contributed by atoms with Gasteiger partial charge in [-0.1, -0.05) is 53.8 Å². The number of ether oxygens (including phenoxy) is 12. The first-order valence-corrected chi connectivity index (χ1v) is 51.1. The molecule has 7 aromatic rings. The molecule has 0 bridgehead atoms. The first kappa shape index (κ1) is 120. The number of fused-ring (bicyclic) bond motifs is 7. The van der Waals surface area contributed by atoms with Crippen LogP contribution < -0.4 is 26.6 Å². The van der Waals surface area contributed by atoms with Crippen molar-refractivity contribution in [3.05, 3.63) is 143 Å². The molecule has 14 rings (SSSR count). The van der Waals surface area contributed by atoms with Crippen molar-refractivity contribution in [2.75, 3.05) is 141 Å². The maximum atomic E-state index is 12.0. The molecule has 43 heteroatoms. The molecule has 0 aliphatic carbocycles. The van der Waals surface area contributed by atoms with Gasteiger partial charge >= 0.3 is 49.3 Å². The van der Waals surface area contributed by atoms with E-state index in [1.807, 2.05) is 98.9 Å². The van der Waals surface area contributed by atoms with Gasteiger partial charge in [-0.25, -0.2) is 19.2 Å². The van der Waals surface area contributed by atoms with Crippen LogP contribution in [-0.2, 0) is 102 Å². The quantitative estimate of drug-likeness (QED) is 0.0194. The van der Waals surface area contributed by atoms with Crippen molar-refractivity contribution in [1.29, 1.82) is 0 Å². The minimum absolute atomic E-state index is 0. The summed E-state index contributed by atoms with van der Waals surface area (Å²) in [6.45, 7) is 31.9. The Bertz CT molecular complexity index is 4380. The predicted octanol–water partition coefficient (Wildman–Crippen LogP) is 24.6. The Morgan fingerprint density at radius 1 is 0.441 bits per heavy atom. The normalized spacial score (nSPS) is 18.5. The molecule has 7 aromatic heterocycles. The molecule has 0 fully saturated rings. The van der Waals surface area contributed by atoms with Crippen LogP contribution in [0.4, 0.5) is 19.2 Å². The van der Waals surface area contributed by atoms with Gasteiger partial charge in [0.15, 0.2) is 0 Å². The van der Waals surface area contributed by atoms with Crippen LogP contribution in [-0.4, -0.2) is 206 Å². The fraction of sp³-hybridized carbons (Fsp3) is 0.619. The molecule has 7 atom stereocenters. The van der Waals surface area contributed by atoms with Crippen LogP contribution in [0, 0.1) is 0 Å². The molecule has 7 unspecified atom stereocenters. The van der Waals surface area contributed by atoms with E-state index < -0.39 is 34.7 Å². The van der Waals surface area contributed by atoms with E-state index in [-0.39, 0.29) is 81.1 Å². The molecule has 0 spiro atoms. The molecule has 2 amide bonds. The van der Waals surface area contributed by atoms with Gasteiger partial charge in [-0.2, -0.15) is 0 Å². The molecule has 717 valence electrons. The molecule has 1 radical (unpaired) electrons. The molecule has 0 saturated heterocycles. The third-order valence-electron chi connectivity index (χ3n) is 18.0. The van der Waals surface area contributed by atoms with Crippen molar-refractivity contribution in [1.82, 2.24) is 36.4 Å².